The number of carbonyl (C=O) groups excluding carboxylic acids is 2. The number of allylic oxidation sites excluding steroid dienone is 14. The third-order valence-corrected chi connectivity index (χ3v) is 13.5. The van der Waals surface area contributed by atoms with Gasteiger partial charge in [0.25, 0.3) is 0 Å². The van der Waals surface area contributed by atoms with Gasteiger partial charge in [0.2, 0.25) is 0 Å². The summed E-state index contributed by atoms with van der Waals surface area (Å²) in [5.74, 6) is -0.838. The first-order valence-electron chi connectivity index (χ1n) is 29.6. The van der Waals surface area contributed by atoms with E-state index in [0.29, 0.717) is 12.8 Å². The highest BCUT2D eigenvalue weighted by Crippen LogP contribution is 2.43. The molecule has 0 amide bonds. The van der Waals surface area contributed by atoms with Gasteiger partial charge < -0.3 is 20.1 Å². The summed E-state index contributed by atoms with van der Waals surface area (Å²) in [7, 11) is -4.39. The fourth-order valence-corrected chi connectivity index (χ4v) is 8.93. The van der Waals surface area contributed by atoms with Crippen LogP contribution in [0.1, 0.15) is 264 Å². The van der Waals surface area contributed by atoms with Crippen LogP contribution in [0.5, 0.6) is 0 Å². The van der Waals surface area contributed by atoms with Gasteiger partial charge in [-0.25, -0.2) is 4.57 Å². The van der Waals surface area contributed by atoms with Gasteiger partial charge in [-0.1, -0.05) is 247 Å². The fourth-order valence-electron chi connectivity index (χ4n) is 8.16. The van der Waals surface area contributed by atoms with Crippen LogP contribution in [0.3, 0.4) is 0 Å². The third-order valence-electron chi connectivity index (χ3n) is 12.5. The van der Waals surface area contributed by atoms with E-state index in [9.17, 15) is 19.0 Å². The Morgan fingerprint density at radius 3 is 1.14 bits per heavy atom. The summed E-state index contributed by atoms with van der Waals surface area (Å²) in [6, 6.07) is 0. The van der Waals surface area contributed by atoms with Crippen LogP contribution in [0.2, 0.25) is 0 Å². The van der Waals surface area contributed by atoms with E-state index in [-0.39, 0.29) is 32.6 Å². The minimum Gasteiger partial charge on any atom is -0.462 e. The van der Waals surface area contributed by atoms with E-state index in [1.807, 2.05) is 0 Å². The molecule has 0 radical (unpaired) electrons. The van der Waals surface area contributed by atoms with Crippen LogP contribution in [0.25, 0.3) is 0 Å². The smallest absolute Gasteiger partial charge is 0.462 e. The summed E-state index contributed by atoms with van der Waals surface area (Å²) < 4.78 is 33.0. The van der Waals surface area contributed by atoms with Crippen molar-refractivity contribution in [2.75, 3.05) is 26.4 Å². The van der Waals surface area contributed by atoms with Gasteiger partial charge in [-0.15, -0.1) is 0 Å². The first-order valence-corrected chi connectivity index (χ1v) is 31.1. The largest absolute Gasteiger partial charge is 0.472 e. The number of hydrogen-bond acceptors (Lipinski definition) is 8. The zero-order valence-electron chi connectivity index (χ0n) is 46.4. The van der Waals surface area contributed by atoms with Gasteiger partial charge >= 0.3 is 19.8 Å². The summed E-state index contributed by atoms with van der Waals surface area (Å²) in [5.41, 5.74) is 5.38. The van der Waals surface area contributed by atoms with Crippen molar-refractivity contribution in [2.24, 2.45) is 5.73 Å². The average Bonchev–Trinajstić information content (AvgIpc) is 3.37. The lowest BCUT2D eigenvalue weighted by Crippen LogP contribution is -2.29. The van der Waals surface area contributed by atoms with Crippen LogP contribution in [-0.4, -0.2) is 49.3 Å². The molecule has 72 heavy (non-hydrogen) atoms. The van der Waals surface area contributed by atoms with E-state index in [1.54, 1.807) is 0 Å². The Balaban J connectivity index is 3.88. The normalized spacial score (nSPS) is 13.7. The Hall–Kier alpha value is -2.81. The molecule has 0 aromatic rings. The molecule has 0 heterocycles. The van der Waals surface area contributed by atoms with Gasteiger partial charge in [0.05, 0.1) is 13.2 Å². The SMILES string of the molecule is CC/C=C\C/C=C\C/C=C\C/C=C\C/C=C\CCCCCCCCCCCCCCCCCCCCCC(=O)OC(COC(=O)CCCCCCC/C=C\C/C=C\CCCCCC)COP(=O)(O)OCCN. The van der Waals surface area contributed by atoms with Gasteiger partial charge in [-0.2, -0.15) is 0 Å². The lowest BCUT2D eigenvalue weighted by Gasteiger charge is -2.19. The van der Waals surface area contributed by atoms with Crippen molar-refractivity contribution < 1.29 is 37.6 Å². The number of phosphoric acid groups is 1. The molecule has 0 spiro atoms. The zero-order valence-corrected chi connectivity index (χ0v) is 47.3. The second-order valence-electron chi connectivity index (χ2n) is 19.5. The summed E-state index contributed by atoms with van der Waals surface area (Å²) >= 11 is 0. The van der Waals surface area contributed by atoms with Crippen LogP contribution >= 0.6 is 7.82 Å². The van der Waals surface area contributed by atoms with Crippen molar-refractivity contribution in [3.8, 4) is 0 Å². The molecule has 0 aliphatic rings. The first kappa shape index (κ1) is 69.2. The van der Waals surface area contributed by atoms with E-state index in [1.165, 1.54) is 135 Å². The third kappa shape index (κ3) is 56.5. The van der Waals surface area contributed by atoms with Gasteiger partial charge in [0, 0.05) is 19.4 Å². The maximum atomic E-state index is 12.7. The van der Waals surface area contributed by atoms with E-state index < -0.39 is 32.5 Å². The monoisotopic (exact) mass is 1030 g/mol. The molecule has 0 aromatic carbocycles. The maximum Gasteiger partial charge on any atom is 0.472 e. The number of hydrogen-bond donors (Lipinski definition) is 2. The standard InChI is InChI=1S/C62H110NO8P/c1-3-5-7-9-11-13-15-17-19-21-22-23-24-25-26-27-28-29-30-31-32-33-34-35-36-37-38-39-41-43-45-47-49-51-53-55-62(65)71-60(59-70-72(66,67)69-57-56-63)58-68-61(64)54-52-50-48-46-44-42-40-20-18-16-14-12-10-8-6-4-2/h5,7,11,13-14,16-17,19-20,22-23,25-26,40,60H,3-4,6,8-10,12,15,18,21,24,27-39,41-59,63H2,1-2H3,(H,66,67)/b7-5-,13-11-,16-14-,19-17-,23-22-,26-25-,40-20-. The van der Waals surface area contributed by atoms with Gasteiger partial charge in [-0.3, -0.25) is 18.6 Å². The van der Waals surface area contributed by atoms with Gasteiger partial charge in [-0.05, 0) is 89.9 Å². The highest BCUT2D eigenvalue weighted by Gasteiger charge is 2.26. The number of carbonyl (C=O) groups is 2. The van der Waals surface area contributed by atoms with E-state index >= 15 is 0 Å². The van der Waals surface area contributed by atoms with Crippen molar-refractivity contribution in [2.45, 2.75) is 270 Å². The molecular formula is C62H110NO8P. The Morgan fingerprint density at radius 1 is 0.431 bits per heavy atom. The molecule has 0 rings (SSSR count). The molecule has 0 fully saturated rings. The van der Waals surface area contributed by atoms with Gasteiger partial charge in [0.15, 0.2) is 6.10 Å². The number of rotatable bonds is 55. The molecular weight excluding hydrogens is 918 g/mol. The van der Waals surface area contributed by atoms with E-state index in [0.717, 1.165) is 89.9 Å². The quantitative estimate of drug-likeness (QED) is 0.0264. The molecule has 2 atom stereocenters. The Labute approximate surface area is 443 Å². The molecule has 0 saturated heterocycles. The molecule has 0 bridgehead atoms. The maximum absolute atomic E-state index is 12.7. The highest BCUT2D eigenvalue weighted by molar-refractivity contribution is 7.47. The summed E-state index contributed by atoms with van der Waals surface area (Å²) in [4.78, 5) is 35.1. The topological polar surface area (TPSA) is 134 Å². The predicted octanol–water partition coefficient (Wildman–Crippen LogP) is 18.7. The first-order chi connectivity index (χ1) is 35.3. The van der Waals surface area contributed by atoms with Crippen LogP contribution in [0, 0.1) is 0 Å². The number of nitrogens with two attached hydrogens (primary N) is 1. The fraction of sp³-hybridized carbons (Fsp3) is 0.742. The highest BCUT2D eigenvalue weighted by atomic mass is 31.2. The Kier molecular flexibility index (Phi) is 55.2. The second-order valence-corrected chi connectivity index (χ2v) is 20.9. The summed E-state index contributed by atoms with van der Waals surface area (Å²) in [5, 5.41) is 0. The number of ether oxygens (including phenoxy) is 2. The van der Waals surface area contributed by atoms with Crippen molar-refractivity contribution in [1.82, 2.24) is 0 Å². The minimum absolute atomic E-state index is 0.0498. The Bertz CT molecular complexity index is 1450. The number of phosphoric ester groups is 1. The summed E-state index contributed by atoms with van der Waals surface area (Å²) in [6.45, 7) is 3.61. The zero-order chi connectivity index (χ0) is 52.4. The summed E-state index contributed by atoms with van der Waals surface area (Å²) in [6.07, 6.45) is 75.1. The van der Waals surface area contributed by atoms with Crippen molar-refractivity contribution >= 4 is 19.8 Å². The number of esters is 2. The lowest BCUT2D eigenvalue weighted by molar-refractivity contribution is -0.161. The van der Waals surface area contributed by atoms with Crippen LogP contribution in [-0.2, 0) is 32.7 Å². The molecule has 2 unspecified atom stereocenters. The average molecular weight is 1030 g/mol. The second kappa shape index (κ2) is 57.5. The van der Waals surface area contributed by atoms with Crippen molar-refractivity contribution in [1.29, 1.82) is 0 Å². The molecule has 10 heteroatoms. The molecule has 0 aliphatic heterocycles. The molecule has 9 nitrogen and oxygen atoms in total. The predicted molar refractivity (Wildman–Crippen MR) is 307 cm³/mol. The number of unbranched alkanes of at least 4 members (excludes halogenated alkanes) is 28. The van der Waals surface area contributed by atoms with Crippen molar-refractivity contribution in [3.63, 3.8) is 0 Å². The van der Waals surface area contributed by atoms with E-state index in [2.05, 4.69) is 98.9 Å². The van der Waals surface area contributed by atoms with Crippen LogP contribution < -0.4 is 5.73 Å². The van der Waals surface area contributed by atoms with Crippen molar-refractivity contribution in [3.05, 3.63) is 85.1 Å². The minimum atomic E-state index is -4.39. The molecule has 0 aliphatic carbocycles. The Morgan fingerprint density at radius 2 is 0.764 bits per heavy atom. The van der Waals surface area contributed by atoms with Crippen LogP contribution in [0.15, 0.2) is 85.1 Å². The van der Waals surface area contributed by atoms with Crippen LogP contribution in [0.4, 0.5) is 0 Å². The van der Waals surface area contributed by atoms with E-state index in [4.69, 9.17) is 24.3 Å². The molecule has 416 valence electrons. The van der Waals surface area contributed by atoms with Gasteiger partial charge in [0.1, 0.15) is 6.61 Å². The lowest BCUT2D eigenvalue weighted by atomic mass is 10.0. The molecule has 3 N–H and O–H groups in total. The molecule has 0 aromatic heterocycles. The molecule has 0 saturated carbocycles.